The highest BCUT2D eigenvalue weighted by Gasteiger charge is 2.51. The van der Waals surface area contributed by atoms with Gasteiger partial charge in [-0.3, -0.25) is 14.7 Å². The van der Waals surface area contributed by atoms with Gasteiger partial charge in [-0.05, 0) is 24.6 Å². The van der Waals surface area contributed by atoms with Crippen molar-refractivity contribution < 1.29 is 19.7 Å². The SMILES string of the molecule is COC(=O)C1C(c2ccc(O)cc2)c2c([nH][nH]c2=O)CC1(C)O. The van der Waals surface area contributed by atoms with Crippen LogP contribution in [0.2, 0.25) is 0 Å². The van der Waals surface area contributed by atoms with E-state index in [9.17, 15) is 19.8 Å². The van der Waals surface area contributed by atoms with Gasteiger partial charge in [0.25, 0.3) is 5.56 Å². The number of fused-ring (bicyclic) bond motifs is 1. The maximum absolute atomic E-state index is 12.3. The van der Waals surface area contributed by atoms with Crippen LogP contribution in [0.3, 0.4) is 0 Å². The maximum atomic E-state index is 12.3. The topological polar surface area (TPSA) is 115 Å². The zero-order valence-corrected chi connectivity index (χ0v) is 12.8. The predicted octanol–water partition coefficient (Wildman–Crippen LogP) is 0.637. The molecule has 0 bridgehead atoms. The fourth-order valence-corrected chi connectivity index (χ4v) is 3.42. The molecule has 3 unspecified atom stereocenters. The Morgan fingerprint density at radius 2 is 1.96 bits per heavy atom. The number of aromatic amines is 2. The zero-order chi connectivity index (χ0) is 16.8. The third kappa shape index (κ3) is 2.43. The standard InChI is InChI=1S/C16H18N2O5/c1-16(22)7-10-12(14(20)18-17-10)11(13(16)15(21)23-2)8-3-5-9(19)6-4-8/h3-6,11,13,19,22H,7H2,1-2H3,(H2,17,18,20). The number of aromatic nitrogens is 2. The molecular formula is C16H18N2O5. The van der Waals surface area contributed by atoms with Gasteiger partial charge < -0.3 is 20.0 Å². The number of nitrogens with one attached hydrogen (secondary N) is 2. The fourth-order valence-electron chi connectivity index (χ4n) is 3.42. The summed E-state index contributed by atoms with van der Waals surface area (Å²) >= 11 is 0. The second kappa shape index (κ2) is 5.27. The smallest absolute Gasteiger partial charge is 0.312 e. The number of esters is 1. The summed E-state index contributed by atoms with van der Waals surface area (Å²) in [5.74, 6) is -2.10. The van der Waals surface area contributed by atoms with Crippen molar-refractivity contribution in [1.82, 2.24) is 10.2 Å². The van der Waals surface area contributed by atoms with E-state index in [4.69, 9.17) is 4.74 Å². The molecule has 122 valence electrons. The number of benzene rings is 1. The molecule has 0 radical (unpaired) electrons. The minimum Gasteiger partial charge on any atom is -0.508 e. The summed E-state index contributed by atoms with van der Waals surface area (Å²) in [7, 11) is 1.25. The van der Waals surface area contributed by atoms with Crippen LogP contribution in [0.15, 0.2) is 29.1 Å². The first-order valence-corrected chi connectivity index (χ1v) is 7.23. The van der Waals surface area contributed by atoms with Crippen LogP contribution < -0.4 is 5.56 Å². The molecule has 0 aliphatic heterocycles. The Balaban J connectivity index is 2.24. The summed E-state index contributed by atoms with van der Waals surface area (Å²) in [5.41, 5.74) is -0.0869. The van der Waals surface area contributed by atoms with Gasteiger partial charge in [-0.15, -0.1) is 0 Å². The van der Waals surface area contributed by atoms with Crippen LogP contribution in [0.5, 0.6) is 5.75 Å². The molecule has 3 atom stereocenters. The molecule has 0 fully saturated rings. The molecule has 0 spiro atoms. The van der Waals surface area contributed by atoms with E-state index in [2.05, 4.69) is 10.2 Å². The Labute approximate surface area is 131 Å². The number of hydrogen-bond acceptors (Lipinski definition) is 5. The molecule has 1 aromatic carbocycles. The van der Waals surface area contributed by atoms with E-state index in [1.165, 1.54) is 19.2 Å². The van der Waals surface area contributed by atoms with Gasteiger partial charge in [-0.25, -0.2) is 0 Å². The molecule has 1 aliphatic rings. The molecular weight excluding hydrogens is 300 g/mol. The lowest BCUT2D eigenvalue weighted by atomic mass is 9.66. The number of methoxy groups -OCH3 is 1. The molecule has 7 nitrogen and oxygen atoms in total. The lowest BCUT2D eigenvalue weighted by Gasteiger charge is -2.40. The first kappa shape index (κ1) is 15.4. The molecule has 0 amide bonds. The maximum Gasteiger partial charge on any atom is 0.312 e. The van der Waals surface area contributed by atoms with E-state index in [1.54, 1.807) is 19.1 Å². The molecule has 7 heteroatoms. The highest BCUT2D eigenvalue weighted by Crippen LogP contribution is 2.44. The zero-order valence-electron chi connectivity index (χ0n) is 12.8. The first-order chi connectivity index (χ1) is 10.8. The predicted molar refractivity (Wildman–Crippen MR) is 81.2 cm³/mol. The summed E-state index contributed by atoms with van der Waals surface area (Å²) in [6, 6.07) is 6.22. The molecule has 2 aromatic rings. The average molecular weight is 318 g/mol. The van der Waals surface area contributed by atoms with Crippen LogP contribution in [0.4, 0.5) is 0 Å². The first-order valence-electron chi connectivity index (χ1n) is 7.23. The van der Waals surface area contributed by atoms with Gasteiger partial charge in [-0.1, -0.05) is 12.1 Å². The minimum atomic E-state index is -1.38. The fraction of sp³-hybridized carbons (Fsp3) is 0.375. The normalized spacial score (nSPS) is 26.6. The molecule has 23 heavy (non-hydrogen) atoms. The van der Waals surface area contributed by atoms with Crippen molar-refractivity contribution in [2.75, 3.05) is 7.11 Å². The monoisotopic (exact) mass is 318 g/mol. The van der Waals surface area contributed by atoms with E-state index < -0.39 is 23.4 Å². The highest BCUT2D eigenvalue weighted by molar-refractivity contribution is 5.77. The Morgan fingerprint density at radius 3 is 2.57 bits per heavy atom. The lowest BCUT2D eigenvalue weighted by Crippen LogP contribution is -2.49. The molecule has 1 heterocycles. The van der Waals surface area contributed by atoms with Crippen LogP contribution in [0.1, 0.15) is 29.7 Å². The largest absolute Gasteiger partial charge is 0.508 e. The number of H-pyrrole nitrogens is 2. The number of aliphatic hydroxyl groups is 1. The Bertz CT molecular complexity index is 788. The number of phenolic OH excluding ortho intramolecular Hbond substituents is 1. The third-order valence-corrected chi connectivity index (χ3v) is 4.45. The quantitative estimate of drug-likeness (QED) is 0.606. The summed E-state index contributed by atoms with van der Waals surface area (Å²) < 4.78 is 4.86. The Kier molecular flexibility index (Phi) is 3.52. The van der Waals surface area contributed by atoms with Crippen molar-refractivity contribution >= 4 is 5.97 Å². The van der Waals surface area contributed by atoms with Gasteiger partial charge in [0.15, 0.2) is 0 Å². The molecule has 0 saturated carbocycles. The van der Waals surface area contributed by atoms with Crippen molar-refractivity contribution in [3.05, 3.63) is 51.4 Å². The summed E-state index contributed by atoms with van der Waals surface area (Å²) in [6.07, 6.45) is 0.134. The molecule has 4 N–H and O–H groups in total. The van der Waals surface area contributed by atoms with E-state index in [0.29, 0.717) is 16.8 Å². The minimum absolute atomic E-state index is 0.0779. The van der Waals surface area contributed by atoms with E-state index in [0.717, 1.165) is 0 Å². The van der Waals surface area contributed by atoms with E-state index in [1.807, 2.05) is 0 Å². The summed E-state index contributed by atoms with van der Waals surface area (Å²) in [5, 5.41) is 25.5. The summed E-state index contributed by atoms with van der Waals surface area (Å²) in [4.78, 5) is 24.5. The number of aromatic hydroxyl groups is 1. The van der Waals surface area contributed by atoms with Gasteiger partial charge in [-0.2, -0.15) is 0 Å². The van der Waals surface area contributed by atoms with Crippen LogP contribution in [-0.4, -0.2) is 39.1 Å². The summed E-state index contributed by atoms with van der Waals surface area (Å²) in [6.45, 7) is 1.55. The van der Waals surface area contributed by atoms with Crippen LogP contribution in [-0.2, 0) is 16.0 Å². The average Bonchev–Trinajstić information content (AvgIpc) is 2.85. The van der Waals surface area contributed by atoms with Crippen molar-refractivity contribution in [2.24, 2.45) is 5.92 Å². The number of carbonyl (C=O) groups is 1. The Morgan fingerprint density at radius 1 is 1.30 bits per heavy atom. The molecule has 3 rings (SSSR count). The number of ether oxygens (including phenoxy) is 1. The Hall–Kier alpha value is -2.54. The van der Waals surface area contributed by atoms with Crippen molar-refractivity contribution in [2.45, 2.75) is 24.9 Å². The van der Waals surface area contributed by atoms with Gasteiger partial charge in [0.2, 0.25) is 0 Å². The lowest BCUT2D eigenvalue weighted by molar-refractivity contribution is -0.156. The number of rotatable bonds is 2. The second-order valence-electron chi connectivity index (χ2n) is 6.08. The highest BCUT2D eigenvalue weighted by atomic mass is 16.5. The van der Waals surface area contributed by atoms with Gasteiger partial charge >= 0.3 is 5.97 Å². The van der Waals surface area contributed by atoms with Gasteiger partial charge in [0.05, 0.1) is 18.6 Å². The second-order valence-corrected chi connectivity index (χ2v) is 6.08. The van der Waals surface area contributed by atoms with Crippen molar-refractivity contribution in [3.63, 3.8) is 0 Å². The van der Waals surface area contributed by atoms with E-state index in [-0.39, 0.29) is 17.7 Å². The van der Waals surface area contributed by atoms with Crippen molar-refractivity contribution in [3.8, 4) is 5.75 Å². The molecule has 0 saturated heterocycles. The third-order valence-electron chi connectivity index (χ3n) is 4.45. The number of phenols is 1. The van der Waals surface area contributed by atoms with Gasteiger partial charge in [0, 0.05) is 23.6 Å². The van der Waals surface area contributed by atoms with Crippen LogP contribution in [0, 0.1) is 5.92 Å². The van der Waals surface area contributed by atoms with Crippen molar-refractivity contribution in [1.29, 1.82) is 0 Å². The number of hydrogen-bond donors (Lipinski definition) is 4. The van der Waals surface area contributed by atoms with Crippen LogP contribution in [0.25, 0.3) is 0 Å². The number of carbonyl (C=O) groups excluding carboxylic acids is 1. The van der Waals surface area contributed by atoms with E-state index >= 15 is 0 Å². The van der Waals surface area contributed by atoms with Gasteiger partial charge in [0.1, 0.15) is 5.75 Å². The van der Waals surface area contributed by atoms with Crippen LogP contribution >= 0.6 is 0 Å². The molecule has 1 aromatic heterocycles. The molecule has 1 aliphatic carbocycles.